The summed E-state index contributed by atoms with van der Waals surface area (Å²) < 4.78 is 0. The van der Waals surface area contributed by atoms with Crippen LogP contribution in [0.15, 0.2) is 24.3 Å². The van der Waals surface area contributed by atoms with Crippen LogP contribution in [0.25, 0.3) is 0 Å². The summed E-state index contributed by atoms with van der Waals surface area (Å²) in [6.45, 7) is 0.565. The molecule has 3 nitrogen and oxygen atoms in total. The van der Waals surface area contributed by atoms with Gasteiger partial charge in [-0.25, -0.2) is 0 Å². The Morgan fingerprint density at radius 3 is 2.39 bits per heavy atom. The second-order valence-electron chi connectivity index (χ2n) is 5.52. The highest BCUT2D eigenvalue weighted by Gasteiger charge is 2.54. The first kappa shape index (κ1) is 11.6. The van der Waals surface area contributed by atoms with E-state index < -0.39 is 0 Å². The third-order valence-corrected chi connectivity index (χ3v) is 4.36. The molecule has 2 fully saturated rings. The number of hydrogen-bond donors (Lipinski definition) is 2. The van der Waals surface area contributed by atoms with Crippen molar-refractivity contribution in [3.63, 3.8) is 0 Å². The molecule has 3 heteroatoms. The van der Waals surface area contributed by atoms with E-state index in [1.54, 1.807) is 12.1 Å². The van der Waals surface area contributed by atoms with Gasteiger partial charge in [0.1, 0.15) is 5.75 Å². The molecule has 2 aliphatic carbocycles. The van der Waals surface area contributed by atoms with Crippen LogP contribution in [0.3, 0.4) is 0 Å². The molecule has 1 aromatic rings. The molecule has 2 unspecified atom stereocenters. The predicted molar refractivity (Wildman–Crippen MR) is 68.9 cm³/mol. The minimum absolute atomic E-state index is 0.222. The zero-order valence-electron chi connectivity index (χ0n) is 10.4. The minimum Gasteiger partial charge on any atom is -0.508 e. The molecule has 1 amide bonds. The predicted octanol–water partition coefficient (Wildman–Crippen LogP) is 2.44. The highest BCUT2D eigenvalue weighted by atomic mass is 16.3. The van der Waals surface area contributed by atoms with Gasteiger partial charge in [-0.2, -0.15) is 0 Å². The van der Waals surface area contributed by atoms with E-state index in [0.29, 0.717) is 18.4 Å². The van der Waals surface area contributed by atoms with Gasteiger partial charge in [-0.1, -0.05) is 25.0 Å². The highest BCUT2D eigenvalue weighted by Crippen LogP contribution is 2.55. The molecule has 0 heterocycles. The average molecular weight is 245 g/mol. The molecule has 2 atom stereocenters. The normalized spacial score (nSPS) is 29.4. The second-order valence-corrected chi connectivity index (χ2v) is 5.52. The monoisotopic (exact) mass is 245 g/mol. The van der Waals surface area contributed by atoms with Crippen LogP contribution in [-0.2, 0) is 11.3 Å². The number of carbonyl (C=O) groups excluding carboxylic acids is 1. The molecule has 0 radical (unpaired) electrons. The summed E-state index contributed by atoms with van der Waals surface area (Å²) in [7, 11) is 0. The Labute approximate surface area is 107 Å². The van der Waals surface area contributed by atoms with Crippen molar-refractivity contribution in [2.24, 2.45) is 17.8 Å². The fourth-order valence-electron chi connectivity index (χ4n) is 3.30. The van der Waals surface area contributed by atoms with Crippen molar-refractivity contribution in [1.29, 1.82) is 0 Å². The van der Waals surface area contributed by atoms with E-state index in [1.807, 2.05) is 12.1 Å². The fraction of sp³-hybridized carbons (Fsp3) is 0.533. The second kappa shape index (κ2) is 4.63. The molecule has 3 rings (SSSR count). The minimum atomic E-state index is 0.222. The quantitative estimate of drug-likeness (QED) is 0.859. The number of phenolic OH excluding ortho intramolecular Hbond substituents is 1. The lowest BCUT2D eigenvalue weighted by atomic mass is 10.0. The van der Waals surface area contributed by atoms with Gasteiger partial charge < -0.3 is 10.4 Å². The number of fused-ring (bicyclic) bond motifs is 1. The molecule has 2 aliphatic rings. The van der Waals surface area contributed by atoms with Crippen molar-refractivity contribution >= 4 is 5.91 Å². The van der Waals surface area contributed by atoms with E-state index in [1.165, 1.54) is 25.7 Å². The maximum atomic E-state index is 12.1. The van der Waals surface area contributed by atoms with E-state index >= 15 is 0 Å². The molecule has 2 saturated carbocycles. The van der Waals surface area contributed by atoms with E-state index in [-0.39, 0.29) is 17.6 Å². The van der Waals surface area contributed by atoms with Gasteiger partial charge in [-0.15, -0.1) is 0 Å². The molecule has 18 heavy (non-hydrogen) atoms. The number of phenols is 1. The van der Waals surface area contributed by atoms with Crippen molar-refractivity contribution in [2.45, 2.75) is 32.2 Å². The van der Waals surface area contributed by atoms with Crippen molar-refractivity contribution in [2.75, 3.05) is 0 Å². The lowest BCUT2D eigenvalue weighted by molar-refractivity contribution is -0.123. The molecular formula is C15H19NO2. The largest absolute Gasteiger partial charge is 0.508 e. The zero-order valence-corrected chi connectivity index (χ0v) is 10.4. The standard InChI is InChI=1S/C15H19NO2/c17-11-7-5-10(6-8-11)9-16-15(18)14-12-3-1-2-4-13(12)14/h5-8,12-14,17H,1-4,9H2,(H,16,18). The van der Waals surface area contributed by atoms with E-state index in [0.717, 1.165) is 5.56 Å². The van der Waals surface area contributed by atoms with E-state index in [2.05, 4.69) is 5.32 Å². The number of carbonyl (C=O) groups is 1. The summed E-state index contributed by atoms with van der Waals surface area (Å²) >= 11 is 0. The third kappa shape index (κ3) is 2.22. The van der Waals surface area contributed by atoms with E-state index in [9.17, 15) is 9.90 Å². The van der Waals surface area contributed by atoms with Gasteiger partial charge in [0, 0.05) is 12.5 Å². The van der Waals surface area contributed by atoms with Gasteiger partial charge in [-0.3, -0.25) is 4.79 Å². The van der Waals surface area contributed by atoms with Crippen molar-refractivity contribution < 1.29 is 9.90 Å². The number of nitrogens with one attached hydrogen (secondary N) is 1. The Morgan fingerprint density at radius 1 is 1.17 bits per heavy atom. The summed E-state index contributed by atoms with van der Waals surface area (Å²) in [5.41, 5.74) is 1.03. The first-order valence-corrected chi connectivity index (χ1v) is 6.81. The third-order valence-electron chi connectivity index (χ3n) is 4.36. The van der Waals surface area contributed by atoms with Crippen LogP contribution in [0.1, 0.15) is 31.2 Å². The maximum absolute atomic E-state index is 12.1. The maximum Gasteiger partial charge on any atom is 0.223 e. The highest BCUT2D eigenvalue weighted by molar-refractivity contribution is 5.82. The van der Waals surface area contributed by atoms with Crippen LogP contribution >= 0.6 is 0 Å². The lowest BCUT2D eigenvalue weighted by Gasteiger charge is -2.05. The first-order chi connectivity index (χ1) is 8.75. The molecule has 0 aliphatic heterocycles. The van der Waals surface area contributed by atoms with Gasteiger partial charge in [0.15, 0.2) is 0 Å². The first-order valence-electron chi connectivity index (χ1n) is 6.81. The van der Waals surface area contributed by atoms with Crippen LogP contribution in [0, 0.1) is 17.8 Å². The Hall–Kier alpha value is -1.51. The summed E-state index contributed by atoms with van der Waals surface area (Å²) in [5, 5.41) is 12.2. The molecule has 96 valence electrons. The molecule has 1 aromatic carbocycles. The van der Waals surface area contributed by atoms with Crippen molar-refractivity contribution in [1.82, 2.24) is 5.32 Å². The lowest BCUT2D eigenvalue weighted by Crippen LogP contribution is -2.25. The summed E-state index contributed by atoms with van der Waals surface area (Å²) in [4.78, 5) is 12.1. The van der Waals surface area contributed by atoms with Crippen LogP contribution in [-0.4, -0.2) is 11.0 Å². The number of benzene rings is 1. The Kier molecular flexibility index (Phi) is 2.98. The van der Waals surface area contributed by atoms with E-state index in [4.69, 9.17) is 0 Å². The molecule has 0 saturated heterocycles. The molecule has 0 aromatic heterocycles. The number of amides is 1. The smallest absolute Gasteiger partial charge is 0.223 e. The molecule has 0 spiro atoms. The fourth-order valence-corrected chi connectivity index (χ4v) is 3.30. The summed E-state index contributed by atoms with van der Waals surface area (Å²) in [6, 6.07) is 6.99. The summed E-state index contributed by atoms with van der Waals surface area (Å²) in [5.74, 6) is 2.10. The topological polar surface area (TPSA) is 49.3 Å². The van der Waals surface area contributed by atoms with Gasteiger partial charge in [0.05, 0.1) is 0 Å². The Bertz CT molecular complexity index is 428. The van der Waals surface area contributed by atoms with Crippen LogP contribution < -0.4 is 5.32 Å². The van der Waals surface area contributed by atoms with Crippen molar-refractivity contribution in [3.8, 4) is 5.75 Å². The van der Waals surface area contributed by atoms with Gasteiger partial charge >= 0.3 is 0 Å². The van der Waals surface area contributed by atoms with Crippen LogP contribution in [0.5, 0.6) is 5.75 Å². The van der Waals surface area contributed by atoms with Crippen LogP contribution in [0.2, 0.25) is 0 Å². The van der Waals surface area contributed by atoms with Crippen LogP contribution in [0.4, 0.5) is 0 Å². The number of rotatable bonds is 3. The average Bonchev–Trinajstić information content (AvgIpc) is 3.12. The van der Waals surface area contributed by atoms with Gasteiger partial charge in [0.25, 0.3) is 0 Å². The zero-order chi connectivity index (χ0) is 12.5. The Morgan fingerprint density at radius 2 is 1.78 bits per heavy atom. The van der Waals surface area contributed by atoms with Gasteiger partial charge in [0.2, 0.25) is 5.91 Å². The number of hydrogen-bond acceptors (Lipinski definition) is 2. The molecule has 0 bridgehead atoms. The molecule has 2 N–H and O–H groups in total. The SMILES string of the molecule is O=C(NCc1ccc(O)cc1)C1C2CCCCC21. The van der Waals surface area contributed by atoms with Crippen molar-refractivity contribution in [3.05, 3.63) is 29.8 Å². The molecular weight excluding hydrogens is 226 g/mol. The van der Waals surface area contributed by atoms with Gasteiger partial charge in [-0.05, 0) is 42.4 Å². The summed E-state index contributed by atoms with van der Waals surface area (Å²) in [6.07, 6.45) is 5.07. The number of aromatic hydroxyl groups is 1. The Balaban J connectivity index is 1.51.